The van der Waals surface area contributed by atoms with E-state index < -0.39 is 0 Å². The molecule has 3 aromatic rings. The Labute approximate surface area is 121 Å². The molecule has 4 rings (SSSR count). The highest BCUT2D eigenvalue weighted by Gasteiger charge is 2.20. The Kier molecular flexibility index (Phi) is 2.57. The number of rotatable bonds is 1. The topological polar surface area (TPSA) is 55.0 Å². The number of hydrogen-bond donors (Lipinski definition) is 1. The summed E-state index contributed by atoms with van der Waals surface area (Å²) in [6, 6.07) is 13.6. The fourth-order valence-corrected chi connectivity index (χ4v) is 2.90. The van der Waals surface area contributed by atoms with Crippen molar-refractivity contribution in [1.82, 2.24) is 10.2 Å². The van der Waals surface area contributed by atoms with E-state index in [1.54, 1.807) is 0 Å². The number of nitrogens with one attached hydrogen (secondary N) is 1. The number of nitrogens with zero attached hydrogens (tertiary/aromatic N) is 1. The van der Waals surface area contributed by atoms with E-state index in [1.165, 1.54) is 5.56 Å². The van der Waals surface area contributed by atoms with Crippen molar-refractivity contribution in [2.24, 2.45) is 0 Å². The van der Waals surface area contributed by atoms with E-state index in [4.69, 9.17) is 4.74 Å². The first-order valence-corrected chi connectivity index (χ1v) is 7.00. The number of aromatic amines is 1. The number of benzene rings is 2. The third-order valence-electron chi connectivity index (χ3n) is 3.87. The van der Waals surface area contributed by atoms with Gasteiger partial charge in [-0.15, -0.1) is 0 Å². The molecule has 2 aromatic carbocycles. The van der Waals surface area contributed by atoms with Gasteiger partial charge in [-0.2, -0.15) is 5.10 Å². The van der Waals surface area contributed by atoms with Crippen LogP contribution >= 0.6 is 0 Å². The lowest BCUT2D eigenvalue weighted by atomic mass is 10.0. The summed E-state index contributed by atoms with van der Waals surface area (Å²) in [5.74, 6) is 0.944. The first-order chi connectivity index (χ1) is 10.2. The lowest BCUT2D eigenvalue weighted by molar-refractivity contribution is 0.254. The number of aromatic nitrogens is 2. The predicted octanol–water partition coefficient (Wildman–Crippen LogP) is 2.91. The molecule has 1 aliphatic rings. The van der Waals surface area contributed by atoms with Gasteiger partial charge in [0.15, 0.2) is 0 Å². The summed E-state index contributed by atoms with van der Waals surface area (Å²) in [7, 11) is 0. The molecule has 1 aliphatic heterocycles. The van der Waals surface area contributed by atoms with Gasteiger partial charge in [0.05, 0.1) is 11.1 Å². The summed E-state index contributed by atoms with van der Waals surface area (Å²) >= 11 is 0. The Morgan fingerprint density at radius 2 is 2.00 bits per heavy atom. The smallest absolute Gasteiger partial charge is 0.272 e. The Hall–Kier alpha value is -2.62. The van der Waals surface area contributed by atoms with Crippen LogP contribution in [0, 0.1) is 0 Å². The van der Waals surface area contributed by atoms with Crippen molar-refractivity contribution in [1.29, 1.82) is 0 Å². The van der Waals surface area contributed by atoms with Crippen LogP contribution in [0.5, 0.6) is 5.75 Å². The van der Waals surface area contributed by atoms with Crippen molar-refractivity contribution in [2.75, 3.05) is 0 Å². The Balaban J connectivity index is 1.94. The molecule has 0 radical (unpaired) electrons. The molecule has 4 nitrogen and oxygen atoms in total. The molecule has 1 aromatic heterocycles. The van der Waals surface area contributed by atoms with Crippen LogP contribution in [0.25, 0.3) is 22.0 Å². The van der Waals surface area contributed by atoms with Crippen molar-refractivity contribution in [3.8, 4) is 17.0 Å². The van der Waals surface area contributed by atoms with Crippen molar-refractivity contribution in [3.63, 3.8) is 0 Å². The number of H-pyrrole nitrogens is 1. The van der Waals surface area contributed by atoms with Crippen LogP contribution < -0.4 is 10.3 Å². The van der Waals surface area contributed by atoms with E-state index in [9.17, 15) is 4.79 Å². The number of hydrogen-bond acceptors (Lipinski definition) is 3. The maximum atomic E-state index is 11.9. The maximum Gasteiger partial charge on any atom is 0.272 e. The van der Waals surface area contributed by atoms with E-state index in [1.807, 2.05) is 36.4 Å². The molecule has 1 atom stereocenters. The van der Waals surface area contributed by atoms with Gasteiger partial charge in [0, 0.05) is 17.4 Å². The highest BCUT2D eigenvalue weighted by molar-refractivity contribution is 5.93. The minimum Gasteiger partial charge on any atom is -0.490 e. The van der Waals surface area contributed by atoms with Gasteiger partial charge in [-0.1, -0.05) is 18.2 Å². The molecule has 0 amide bonds. The summed E-state index contributed by atoms with van der Waals surface area (Å²) in [5.41, 5.74) is 2.83. The van der Waals surface area contributed by atoms with Crippen molar-refractivity contribution < 1.29 is 4.74 Å². The normalized spacial score (nSPS) is 16.7. The van der Waals surface area contributed by atoms with Crippen LogP contribution in [0.15, 0.2) is 47.3 Å². The molecule has 104 valence electrons. The SMILES string of the molecule is CC1Cc2cc(-c3n[nH]c(=O)c4ccccc34)ccc2O1. The van der Waals surface area contributed by atoms with Crippen molar-refractivity contribution >= 4 is 10.8 Å². The molecule has 0 spiro atoms. The zero-order chi connectivity index (χ0) is 14.4. The average Bonchev–Trinajstić information content (AvgIpc) is 2.87. The minimum absolute atomic E-state index is 0.160. The molecular weight excluding hydrogens is 264 g/mol. The predicted molar refractivity (Wildman–Crippen MR) is 81.6 cm³/mol. The van der Waals surface area contributed by atoms with Gasteiger partial charge in [0.2, 0.25) is 0 Å². The Bertz CT molecular complexity index is 899. The van der Waals surface area contributed by atoms with Gasteiger partial charge in [-0.05, 0) is 36.8 Å². The van der Waals surface area contributed by atoms with Gasteiger partial charge in [-0.3, -0.25) is 4.79 Å². The van der Waals surface area contributed by atoms with E-state index in [-0.39, 0.29) is 11.7 Å². The lowest BCUT2D eigenvalue weighted by Crippen LogP contribution is -2.09. The summed E-state index contributed by atoms with van der Waals surface area (Å²) in [6.45, 7) is 2.06. The minimum atomic E-state index is -0.160. The summed E-state index contributed by atoms with van der Waals surface area (Å²) < 4.78 is 5.73. The second-order valence-corrected chi connectivity index (χ2v) is 5.40. The van der Waals surface area contributed by atoms with Gasteiger partial charge in [0.1, 0.15) is 11.9 Å². The first-order valence-electron chi connectivity index (χ1n) is 7.00. The van der Waals surface area contributed by atoms with Crippen LogP contribution in [0.1, 0.15) is 12.5 Å². The van der Waals surface area contributed by atoms with E-state index >= 15 is 0 Å². The molecule has 0 fully saturated rings. The van der Waals surface area contributed by atoms with Crippen LogP contribution in [-0.2, 0) is 6.42 Å². The second kappa shape index (κ2) is 4.45. The molecule has 0 aliphatic carbocycles. The van der Waals surface area contributed by atoms with Crippen LogP contribution in [-0.4, -0.2) is 16.3 Å². The highest BCUT2D eigenvalue weighted by Crippen LogP contribution is 2.33. The fourth-order valence-electron chi connectivity index (χ4n) is 2.90. The van der Waals surface area contributed by atoms with Crippen LogP contribution in [0.2, 0.25) is 0 Å². The molecule has 2 heterocycles. The van der Waals surface area contributed by atoms with Gasteiger partial charge >= 0.3 is 0 Å². The molecule has 1 N–H and O–H groups in total. The molecular formula is C17H14N2O2. The average molecular weight is 278 g/mol. The Morgan fingerprint density at radius 1 is 1.19 bits per heavy atom. The monoisotopic (exact) mass is 278 g/mol. The van der Waals surface area contributed by atoms with Crippen molar-refractivity contribution in [2.45, 2.75) is 19.4 Å². The third-order valence-corrected chi connectivity index (χ3v) is 3.87. The fraction of sp³-hybridized carbons (Fsp3) is 0.176. The summed E-state index contributed by atoms with van der Waals surface area (Å²) in [4.78, 5) is 11.9. The maximum absolute atomic E-state index is 11.9. The molecule has 4 heteroatoms. The molecule has 21 heavy (non-hydrogen) atoms. The quantitative estimate of drug-likeness (QED) is 0.744. The zero-order valence-corrected chi connectivity index (χ0v) is 11.6. The lowest BCUT2D eigenvalue weighted by Gasteiger charge is -2.06. The Morgan fingerprint density at radius 3 is 2.86 bits per heavy atom. The van der Waals surface area contributed by atoms with Crippen molar-refractivity contribution in [3.05, 3.63) is 58.4 Å². The summed E-state index contributed by atoms with van der Waals surface area (Å²) in [5, 5.41) is 8.35. The van der Waals surface area contributed by atoms with Gasteiger partial charge < -0.3 is 4.74 Å². The molecule has 1 unspecified atom stereocenters. The molecule has 0 bridgehead atoms. The van der Waals surface area contributed by atoms with E-state index in [2.05, 4.69) is 23.2 Å². The number of fused-ring (bicyclic) bond motifs is 2. The van der Waals surface area contributed by atoms with Gasteiger partial charge in [0.25, 0.3) is 5.56 Å². The largest absolute Gasteiger partial charge is 0.490 e. The summed E-state index contributed by atoms with van der Waals surface area (Å²) in [6.07, 6.45) is 1.13. The number of ether oxygens (including phenoxy) is 1. The third kappa shape index (κ3) is 1.91. The van der Waals surface area contributed by atoms with E-state index in [0.717, 1.165) is 28.8 Å². The highest BCUT2D eigenvalue weighted by atomic mass is 16.5. The molecule has 0 saturated heterocycles. The zero-order valence-electron chi connectivity index (χ0n) is 11.6. The van der Waals surface area contributed by atoms with E-state index in [0.29, 0.717) is 5.39 Å². The van der Waals surface area contributed by atoms with Gasteiger partial charge in [-0.25, -0.2) is 5.10 Å². The molecule has 0 saturated carbocycles. The van der Waals surface area contributed by atoms with Crippen LogP contribution in [0.3, 0.4) is 0 Å². The first kappa shape index (κ1) is 12.1. The standard InChI is InChI=1S/C17H14N2O2/c1-10-8-12-9-11(6-7-15(12)21-10)16-13-4-2-3-5-14(13)17(20)19-18-16/h2-7,9-10H,8H2,1H3,(H,19,20). The van der Waals surface area contributed by atoms with Crippen LogP contribution in [0.4, 0.5) is 0 Å². The second-order valence-electron chi connectivity index (χ2n) is 5.40.